The third kappa shape index (κ3) is 3.77. The highest BCUT2D eigenvalue weighted by Crippen LogP contribution is 2.39. The van der Waals surface area contributed by atoms with Crippen LogP contribution in [-0.4, -0.2) is 41.1 Å². The predicted octanol–water partition coefficient (Wildman–Crippen LogP) is 2.66. The minimum atomic E-state index is -1.00. The van der Waals surface area contributed by atoms with Crippen LogP contribution < -0.4 is 5.32 Å². The summed E-state index contributed by atoms with van der Waals surface area (Å²) in [7, 11) is 1.25. The van der Waals surface area contributed by atoms with Crippen molar-refractivity contribution >= 4 is 34.4 Å². The Morgan fingerprint density at radius 1 is 1.16 bits per heavy atom. The minimum Gasteiger partial charge on any atom is -0.493 e. The number of amides is 2. The van der Waals surface area contributed by atoms with E-state index < -0.39 is 23.7 Å². The molecule has 31 heavy (non-hydrogen) atoms. The molecule has 0 aliphatic carbocycles. The summed E-state index contributed by atoms with van der Waals surface area (Å²) in [5.41, 5.74) is 1.43. The van der Waals surface area contributed by atoms with E-state index in [2.05, 4.69) is 20.3 Å². The number of ether oxygens (including phenoxy) is 1. The number of azo groups is 1. The highest BCUT2D eigenvalue weighted by atomic mass is 16.5. The van der Waals surface area contributed by atoms with Crippen molar-refractivity contribution in [2.24, 2.45) is 16.1 Å². The molecule has 2 N–H and O–H groups in total. The van der Waals surface area contributed by atoms with Crippen molar-refractivity contribution in [3.05, 3.63) is 60.2 Å². The lowest BCUT2D eigenvalue weighted by atomic mass is 9.88. The van der Waals surface area contributed by atoms with Crippen molar-refractivity contribution in [1.82, 2.24) is 9.88 Å². The Bertz CT molecular complexity index is 1190. The fraction of sp³-hybridized carbons (Fsp3) is 0.227. The normalized spacial score (nSPS) is 18.4. The Labute approximate surface area is 177 Å². The van der Waals surface area contributed by atoms with Crippen molar-refractivity contribution < 1.29 is 24.2 Å². The number of nitrogens with zero attached hydrogens (tertiary/aromatic N) is 3. The summed E-state index contributed by atoms with van der Waals surface area (Å²) in [4.78, 5) is 36.8. The summed E-state index contributed by atoms with van der Waals surface area (Å²) < 4.78 is 6.00. The molecule has 9 heteroatoms. The SMILES string of the molecule is COC(=O)Cn1c(O)c(N=NC(=O)[C@H]2C(=O)NC[C@@H]2c2ccccc2)c2ccccc21. The summed E-state index contributed by atoms with van der Waals surface area (Å²) in [5, 5.41) is 21.6. The lowest BCUT2D eigenvalue weighted by Crippen LogP contribution is -2.25. The molecule has 158 valence electrons. The molecule has 2 heterocycles. The molecule has 1 saturated heterocycles. The third-order valence-electron chi connectivity index (χ3n) is 5.36. The highest BCUT2D eigenvalue weighted by Gasteiger charge is 2.41. The third-order valence-corrected chi connectivity index (χ3v) is 5.36. The Hall–Kier alpha value is -4.01. The second-order valence-electron chi connectivity index (χ2n) is 7.13. The van der Waals surface area contributed by atoms with Crippen molar-refractivity contribution in [2.75, 3.05) is 13.7 Å². The maximum atomic E-state index is 12.8. The summed E-state index contributed by atoms with van der Waals surface area (Å²) in [5.74, 6) is -3.34. The highest BCUT2D eigenvalue weighted by molar-refractivity contribution is 6.03. The number of methoxy groups -OCH3 is 1. The first-order chi connectivity index (χ1) is 15.0. The molecule has 0 spiro atoms. The van der Waals surface area contributed by atoms with Gasteiger partial charge in [-0.05, 0) is 11.6 Å². The number of aromatic nitrogens is 1. The molecule has 1 aliphatic rings. The minimum absolute atomic E-state index is 0.0440. The Morgan fingerprint density at radius 2 is 1.87 bits per heavy atom. The van der Waals surface area contributed by atoms with E-state index >= 15 is 0 Å². The summed E-state index contributed by atoms with van der Waals surface area (Å²) in [6.45, 7) is 0.103. The van der Waals surface area contributed by atoms with Crippen LogP contribution in [0.25, 0.3) is 10.9 Å². The van der Waals surface area contributed by atoms with E-state index in [0.29, 0.717) is 17.4 Å². The van der Waals surface area contributed by atoms with Crippen molar-refractivity contribution in [3.63, 3.8) is 0 Å². The van der Waals surface area contributed by atoms with Gasteiger partial charge in [-0.2, -0.15) is 0 Å². The van der Waals surface area contributed by atoms with E-state index in [1.807, 2.05) is 30.3 Å². The molecule has 9 nitrogen and oxygen atoms in total. The summed E-state index contributed by atoms with van der Waals surface area (Å²) in [6.07, 6.45) is 0. The van der Waals surface area contributed by atoms with Gasteiger partial charge in [0.25, 0.3) is 5.91 Å². The zero-order valence-corrected chi connectivity index (χ0v) is 16.7. The van der Waals surface area contributed by atoms with Gasteiger partial charge in [-0.3, -0.25) is 19.0 Å². The van der Waals surface area contributed by atoms with Crippen LogP contribution >= 0.6 is 0 Å². The standard InChI is InChI=1S/C22H20N4O5/c1-31-17(27)12-26-16-10-6-5-9-14(16)19(22(26)30)24-25-21(29)18-15(11-23-20(18)28)13-7-3-2-4-8-13/h2-10,15,18,30H,11-12H2,1H3,(H,23,28)/t15-,18-/m1/s1. The van der Waals surface area contributed by atoms with Gasteiger partial charge in [0.1, 0.15) is 12.5 Å². The van der Waals surface area contributed by atoms with Crippen molar-refractivity contribution in [2.45, 2.75) is 12.5 Å². The van der Waals surface area contributed by atoms with Crippen LogP contribution in [0.3, 0.4) is 0 Å². The van der Waals surface area contributed by atoms with Gasteiger partial charge in [0.15, 0.2) is 5.69 Å². The molecule has 0 saturated carbocycles. The number of fused-ring (bicyclic) bond motifs is 1. The number of carbonyl (C=O) groups is 3. The van der Waals surface area contributed by atoms with Gasteiger partial charge in [-0.1, -0.05) is 48.5 Å². The number of nitrogens with one attached hydrogen (secondary N) is 1. The molecule has 3 aromatic rings. The molecule has 2 aromatic carbocycles. The lowest BCUT2D eigenvalue weighted by Gasteiger charge is -2.13. The first-order valence-corrected chi connectivity index (χ1v) is 9.66. The van der Waals surface area contributed by atoms with Gasteiger partial charge in [-0.25, -0.2) is 0 Å². The summed E-state index contributed by atoms with van der Waals surface area (Å²) in [6, 6.07) is 16.1. The Balaban J connectivity index is 1.66. The number of para-hydroxylation sites is 1. The fourth-order valence-electron chi connectivity index (χ4n) is 3.80. The molecule has 0 bridgehead atoms. The van der Waals surface area contributed by atoms with Gasteiger partial charge >= 0.3 is 5.97 Å². The van der Waals surface area contributed by atoms with Crippen LogP contribution in [0, 0.1) is 5.92 Å². The van der Waals surface area contributed by atoms with Crippen LogP contribution in [0.15, 0.2) is 64.8 Å². The monoisotopic (exact) mass is 420 g/mol. The number of rotatable bonds is 5. The number of aromatic hydroxyl groups is 1. The molecule has 2 amide bonds. The van der Waals surface area contributed by atoms with Crippen LogP contribution in [0.5, 0.6) is 5.88 Å². The second-order valence-corrected chi connectivity index (χ2v) is 7.13. The predicted molar refractivity (Wildman–Crippen MR) is 111 cm³/mol. The largest absolute Gasteiger partial charge is 0.493 e. The molecule has 2 atom stereocenters. The second kappa shape index (κ2) is 8.39. The first-order valence-electron chi connectivity index (χ1n) is 9.66. The van der Waals surface area contributed by atoms with Gasteiger partial charge in [-0.15, -0.1) is 10.2 Å². The number of hydrogen-bond donors (Lipinski definition) is 2. The average molecular weight is 420 g/mol. The molecule has 1 aliphatic heterocycles. The van der Waals surface area contributed by atoms with Crippen molar-refractivity contribution in [1.29, 1.82) is 0 Å². The lowest BCUT2D eigenvalue weighted by molar-refractivity contribution is -0.141. The van der Waals surface area contributed by atoms with Gasteiger partial charge < -0.3 is 15.2 Å². The van der Waals surface area contributed by atoms with Crippen LogP contribution in [0.2, 0.25) is 0 Å². The average Bonchev–Trinajstić information content (AvgIpc) is 3.30. The smallest absolute Gasteiger partial charge is 0.325 e. The molecule has 0 radical (unpaired) electrons. The quantitative estimate of drug-likeness (QED) is 0.373. The molecule has 4 rings (SSSR count). The van der Waals surface area contributed by atoms with E-state index in [-0.39, 0.29) is 24.0 Å². The fourth-order valence-corrected chi connectivity index (χ4v) is 3.80. The van der Waals surface area contributed by atoms with Crippen LogP contribution in [0.4, 0.5) is 5.69 Å². The van der Waals surface area contributed by atoms with E-state index in [9.17, 15) is 19.5 Å². The van der Waals surface area contributed by atoms with E-state index in [1.165, 1.54) is 11.7 Å². The van der Waals surface area contributed by atoms with Crippen LogP contribution in [0.1, 0.15) is 11.5 Å². The van der Waals surface area contributed by atoms with Gasteiger partial charge in [0.2, 0.25) is 11.8 Å². The number of hydrogen-bond acceptors (Lipinski definition) is 6. The zero-order chi connectivity index (χ0) is 22.0. The Morgan fingerprint density at radius 3 is 2.61 bits per heavy atom. The topological polar surface area (TPSA) is 122 Å². The maximum absolute atomic E-state index is 12.8. The molecule has 1 aromatic heterocycles. The van der Waals surface area contributed by atoms with Crippen LogP contribution in [-0.2, 0) is 25.7 Å². The van der Waals surface area contributed by atoms with E-state index in [4.69, 9.17) is 0 Å². The zero-order valence-electron chi connectivity index (χ0n) is 16.7. The van der Waals surface area contributed by atoms with E-state index in [1.54, 1.807) is 24.3 Å². The molecular formula is C22H20N4O5. The molecular weight excluding hydrogens is 400 g/mol. The first kappa shape index (κ1) is 20.3. The number of carbonyl (C=O) groups excluding carboxylic acids is 3. The number of benzene rings is 2. The van der Waals surface area contributed by atoms with Crippen molar-refractivity contribution in [3.8, 4) is 5.88 Å². The van der Waals surface area contributed by atoms with Gasteiger partial charge in [0.05, 0.1) is 12.6 Å². The van der Waals surface area contributed by atoms with Gasteiger partial charge in [0, 0.05) is 17.8 Å². The Kier molecular flexibility index (Phi) is 5.48. The molecule has 0 unspecified atom stereocenters. The van der Waals surface area contributed by atoms with E-state index in [0.717, 1.165) is 5.56 Å². The summed E-state index contributed by atoms with van der Waals surface area (Å²) >= 11 is 0. The maximum Gasteiger partial charge on any atom is 0.325 e. The molecule has 1 fully saturated rings. The number of esters is 1.